The molecule has 1 aromatic carbocycles. The van der Waals surface area contributed by atoms with Gasteiger partial charge in [-0.05, 0) is 57.0 Å². The van der Waals surface area contributed by atoms with Gasteiger partial charge in [-0.25, -0.2) is 8.78 Å². The van der Waals surface area contributed by atoms with Crippen LogP contribution >= 0.6 is 0 Å². The molecule has 5 rings (SSSR count). The average Bonchev–Trinajstić information content (AvgIpc) is 2.98. The monoisotopic (exact) mass is 568 g/mol. The summed E-state index contributed by atoms with van der Waals surface area (Å²) in [5, 5.41) is 0. The molecule has 2 aliphatic heterocycles. The lowest BCUT2D eigenvalue weighted by molar-refractivity contribution is -0.136. The summed E-state index contributed by atoms with van der Waals surface area (Å²) in [4.78, 5) is 36.0. The Bertz CT molecular complexity index is 1420. The lowest BCUT2D eigenvalue weighted by atomic mass is 9.89. The van der Waals surface area contributed by atoms with E-state index >= 15 is 0 Å². The zero-order valence-corrected chi connectivity index (χ0v) is 23.5. The summed E-state index contributed by atoms with van der Waals surface area (Å²) in [7, 11) is 0. The number of likely N-dealkylation sites (tertiary alicyclic amines) is 1. The molecule has 1 atom stereocenters. The van der Waals surface area contributed by atoms with Gasteiger partial charge < -0.3 is 24.8 Å². The van der Waals surface area contributed by atoms with Crippen LogP contribution in [0.3, 0.4) is 0 Å². The number of rotatable bonds is 9. The summed E-state index contributed by atoms with van der Waals surface area (Å²) in [6.45, 7) is 7.80. The van der Waals surface area contributed by atoms with Gasteiger partial charge in [0.15, 0.2) is 0 Å². The van der Waals surface area contributed by atoms with Gasteiger partial charge >= 0.3 is 0 Å². The van der Waals surface area contributed by atoms with E-state index in [-0.39, 0.29) is 23.2 Å². The number of nitrogens with zero attached hydrogens (tertiary/aromatic N) is 5. The highest BCUT2D eigenvalue weighted by Gasteiger charge is 2.33. The highest BCUT2D eigenvalue weighted by molar-refractivity contribution is 5.82. The number of nitrogens with two attached hydrogens (primary N) is 1. The number of carbonyl (C=O) groups is 1. The largest absolute Gasteiger partial charge is 0.493 e. The zero-order valence-electron chi connectivity index (χ0n) is 23.5. The van der Waals surface area contributed by atoms with Crippen LogP contribution in [0.25, 0.3) is 11.0 Å². The number of hydrogen-bond donors (Lipinski definition) is 1. The first-order valence-electron chi connectivity index (χ1n) is 14.4. The molecule has 2 aliphatic rings. The molecule has 0 spiro atoms. The first-order chi connectivity index (χ1) is 19.8. The summed E-state index contributed by atoms with van der Waals surface area (Å²) in [5.74, 6) is -0.130. The SMILES string of the molecule is CCOc1cccc(F)c1CN1CCN(C(=O)[C@H](N)C2CCN(CCn3c(=O)ccc4ncc(F)cc43)CC2)CC1. The van der Waals surface area contributed by atoms with E-state index in [1.165, 1.54) is 18.2 Å². The second kappa shape index (κ2) is 13.1. The Hall–Kier alpha value is -3.41. The van der Waals surface area contributed by atoms with Gasteiger partial charge in [-0.1, -0.05) is 6.07 Å². The highest BCUT2D eigenvalue weighted by Crippen LogP contribution is 2.25. The van der Waals surface area contributed by atoms with E-state index < -0.39 is 11.9 Å². The van der Waals surface area contributed by atoms with E-state index in [0.717, 1.165) is 32.1 Å². The molecular formula is C30H38F2N6O3. The fourth-order valence-corrected chi connectivity index (χ4v) is 5.90. The van der Waals surface area contributed by atoms with Crippen molar-refractivity contribution in [2.45, 2.75) is 38.9 Å². The predicted octanol–water partition coefficient (Wildman–Crippen LogP) is 2.46. The smallest absolute Gasteiger partial charge is 0.251 e. The summed E-state index contributed by atoms with van der Waals surface area (Å²) in [6, 6.07) is 8.74. The third kappa shape index (κ3) is 6.74. The van der Waals surface area contributed by atoms with Crippen LogP contribution in [0.4, 0.5) is 8.78 Å². The molecule has 11 heteroatoms. The molecular weight excluding hydrogens is 530 g/mol. The van der Waals surface area contributed by atoms with Crippen molar-refractivity contribution in [3.8, 4) is 5.75 Å². The van der Waals surface area contributed by atoms with E-state index in [0.29, 0.717) is 74.8 Å². The Kier molecular flexibility index (Phi) is 9.26. The van der Waals surface area contributed by atoms with Crippen molar-refractivity contribution in [3.63, 3.8) is 0 Å². The number of hydrogen-bond acceptors (Lipinski definition) is 7. The number of halogens is 2. The summed E-state index contributed by atoms with van der Waals surface area (Å²) in [5.41, 5.74) is 7.92. The molecule has 41 heavy (non-hydrogen) atoms. The van der Waals surface area contributed by atoms with Gasteiger partial charge in [-0.15, -0.1) is 0 Å². The molecule has 1 amide bonds. The third-order valence-corrected chi connectivity index (χ3v) is 8.31. The van der Waals surface area contributed by atoms with Crippen LogP contribution in [0.5, 0.6) is 5.75 Å². The maximum Gasteiger partial charge on any atom is 0.251 e. The first-order valence-corrected chi connectivity index (χ1v) is 14.4. The van der Waals surface area contributed by atoms with Crippen molar-refractivity contribution in [3.05, 3.63) is 70.1 Å². The van der Waals surface area contributed by atoms with Crippen LogP contribution in [0, 0.1) is 17.6 Å². The average molecular weight is 569 g/mol. The number of carbonyl (C=O) groups excluding carboxylic acids is 1. The Morgan fingerprint density at radius 2 is 1.80 bits per heavy atom. The van der Waals surface area contributed by atoms with E-state index in [9.17, 15) is 18.4 Å². The minimum atomic E-state index is -0.561. The Morgan fingerprint density at radius 1 is 1.05 bits per heavy atom. The number of amides is 1. The van der Waals surface area contributed by atoms with E-state index in [1.807, 2.05) is 11.8 Å². The van der Waals surface area contributed by atoms with Crippen molar-refractivity contribution < 1.29 is 18.3 Å². The summed E-state index contributed by atoms with van der Waals surface area (Å²) < 4.78 is 35.4. The summed E-state index contributed by atoms with van der Waals surface area (Å²) >= 11 is 0. The number of benzene rings is 1. The topological polar surface area (TPSA) is 96.9 Å². The molecule has 0 saturated carbocycles. The maximum absolute atomic E-state index is 14.5. The van der Waals surface area contributed by atoms with Crippen molar-refractivity contribution in [2.24, 2.45) is 11.7 Å². The van der Waals surface area contributed by atoms with Crippen LogP contribution < -0.4 is 16.0 Å². The number of fused-ring (bicyclic) bond motifs is 1. The normalized spacial score (nSPS) is 18.1. The van der Waals surface area contributed by atoms with Gasteiger partial charge in [-0.2, -0.15) is 0 Å². The molecule has 0 bridgehead atoms. The summed E-state index contributed by atoms with van der Waals surface area (Å²) in [6.07, 6.45) is 2.73. The van der Waals surface area contributed by atoms with E-state index in [4.69, 9.17) is 10.5 Å². The molecule has 3 aromatic rings. The number of piperidine rings is 1. The molecule has 0 unspecified atom stereocenters. The molecule has 4 heterocycles. The maximum atomic E-state index is 14.5. The predicted molar refractivity (Wildman–Crippen MR) is 153 cm³/mol. The fourth-order valence-electron chi connectivity index (χ4n) is 5.90. The molecule has 220 valence electrons. The van der Waals surface area contributed by atoms with Gasteiger partial charge in [0.25, 0.3) is 5.56 Å². The van der Waals surface area contributed by atoms with Crippen molar-refractivity contribution in [1.82, 2.24) is 24.3 Å². The first kappa shape index (κ1) is 29.1. The lowest BCUT2D eigenvalue weighted by Gasteiger charge is -2.39. The molecule has 9 nitrogen and oxygen atoms in total. The third-order valence-electron chi connectivity index (χ3n) is 8.31. The minimum absolute atomic E-state index is 0.0270. The number of ether oxygens (including phenoxy) is 1. The van der Waals surface area contributed by atoms with Crippen molar-refractivity contribution in [2.75, 3.05) is 52.4 Å². The second-order valence-corrected chi connectivity index (χ2v) is 10.8. The van der Waals surface area contributed by atoms with Crippen LogP contribution in [-0.2, 0) is 17.9 Å². The molecule has 0 aliphatic carbocycles. The zero-order chi connectivity index (χ0) is 28.9. The van der Waals surface area contributed by atoms with Crippen LogP contribution in [0.15, 0.2) is 47.4 Å². The van der Waals surface area contributed by atoms with Crippen molar-refractivity contribution >= 4 is 16.9 Å². The van der Waals surface area contributed by atoms with Gasteiger partial charge in [0.1, 0.15) is 17.4 Å². The molecule has 2 fully saturated rings. The van der Waals surface area contributed by atoms with Crippen molar-refractivity contribution in [1.29, 1.82) is 0 Å². The van der Waals surface area contributed by atoms with Crippen LogP contribution in [-0.4, -0.2) is 88.6 Å². The van der Waals surface area contributed by atoms with E-state index in [1.54, 1.807) is 22.8 Å². The number of pyridine rings is 2. The van der Waals surface area contributed by atoms with Crippen LogP contribution in [0.1, 0.15) is 25.3 Å². The highest BCUT2D eigenvalue weighted by atomic mass is 19.1. The number of piperazine rings is 1. The minimum Gasteiger partial charge on any atom is -0.493 e. The second-order valence-electron chi connectivity index (χ2n) is 10.8. The lowest BCUT2D eigenvalue weighted by Crippen LogP contribution is -2.55. The van der Waals surface area contributed by atoms with E-state index in [2.05, 4.69) is 14.8 Å². The number of aromatic nitrogens is 2. The molecule has 0 radical (unpaired) electrons. The quantitative estimate of drug-likeness (QED) is 0.424. The van der Waals surface area contributed by atoms with Crippen LogP contribution in [0.2, 0.25) is 0 Å². The van der Waals surface area contributed by atoms with Gasteiger partial charge in [0.05, 0.1) is 29.9 Å². The molecule has 2 aromatic heterocycles. The van der Waals surface area contributed by atoms with Gasteiger partial charge in [-0.3, -0.25) is 19.5 Å². The Balaban J connectivity index is 1.09. The van der Waals surface area contributed by atoms with Gasteiger partial charge in [0, 0.05) is 63.5 Å². The Morgan fingerprint density at radius 3 is 2.54 bits per heavy atom. The standard InChI is InChI=1S/C30H38F2N6O3/c1-2-41-27-5-3-4-24(32)23(27)20-36-12-15-37(16-13-36)30(40)29(33)21-8-10-35(11-9-21)14-17-38-26-18-22(31)19-34-25(26)6-7-28(38)39/h3-7,18-19,21,29H,2,8-17,20,33H2,1H3/t29-/m1/s1. The van der Waals surface area contributed by atoms with Gasteiger partial charge in [0.2, 0.25) is 5.91 Å². The molecule has 2 saturated heterocycles. The molecule has 2 N–H and O–H groups in total. The Labute approximate surface area is 238 Å². The fraction of sp³-hybridized carbons (Fsp3) is 0.500.